The predicted octanol–water partition coefficient (Wildman–Crippen LogP) is 9.30. The Kier molecular flexibility index (Phi) is 10.7. The molecule has 262 valence electrons. The maximum Gasteiger partial charge on any atom is 0.281 e. The number of amides is 3. The van der Waals surface area contributed by atoms with Crippen LogP contribution in [-0.2, 0) is 16.8 Å². The number of aromatic nitrogens is 1. The lowest BCUT2D eigenvalue weighted by molar-refractivity contribution is -0.132. The van der Waals surface area contributed by atoms with Gasteiger partial charge in [-0.05, 0) is 63.6 Å². The van der Waals surface area contributed by atoms with Crippen molar-refractivity contribution in [3.63, 3.8) is 0 Å². The number of carbonyl (C=O) groups excluding carboxylic acids is 3. The predicted molar refractivity (Wildman–Crippen MR) is 206 cm³/mol. The number of rotatable bonds is 10. The molecular formula is C43H39FN4O3S. The molecule has 1 atom stereocenters. The first-order valence-electron chi connectivity index (χ1n) is 16.9. The van der Waals surface area contributed by atoms with E-state index in [9.17, 15) is 18.8 Å². The van der Waals surface area contributed by atoms with Gasteiger partial charge in [0.05, 0.1) is 5.69 Å². The van der Waals surface area contributed by atoms with E-state index in [4.69, 9.17) is 0 Å². The highest BCUT2D eigenvalue weighted by Gasteiger charge is 2.27. The van der Waals surface area contributed by atoms with Crippen LogP contribution in [0.2, 0.25) is 0 Å². The SMILES string of the molecule is CN(Cc1ccc(F)cc1)C(=O)C(NC(=O)c1nc(-c2ccc(NC(=O)c3ccccc3-c3ccc(C(C)(C)C)cc3)cc2)cs1)c1ccccc1. The van der Waals surface area contributed by atoms with E-state index in [1.807, 2.05) is 42.5 Å². The fourth-order valence-corrected chi connectivity index (χ4v) is 6.53. The molecule has 0 aliphatic carbocycles. The number of benzene rings is 5. The Balaban J connectivity index is 1.13. The van der Waals surface area contributed by atoms with Crippen LogP contribution in [0.3, 0.4) is 0 Å². The molecular weight excluding hydrogens is 672 g/mol. The molecule has 7 nitrogen and oxygen atoms in total. The van der Waals surface area contributed by atoms with Gasteiger partial charge in [-0.1, -0.05) is 118 Å². The molecule has 1 unspecified atom stereocenters. The van der Waals surface area contributed by atoms with Crippen LogP contribution in [0.15, 0.2) is 133 Å². The van der Waals surface area contributed by atoms with Gasteiger partial charge in [-0.25, -0.2) is 9.37 Å². The summed E-state index contributed by atoms with van der Waals surface area (Å²) in [6.45, 7) is 6.76. The van der Waals surface area contributed by atoms with Crippen LogP contribution in [0.25, 0.3) is 22.4 Å². The lowest BCUT2D eigenvalue weighted by atomic mass is 9.86. The van der Waals surface area contributed by atoms with Gasteiger partial charge in [0, 0.05) is 35.8 Å². The lowest BCUT2D eigenvalue weighted by Crippen LogP contribution is -2.41. The van der Waals surface area contributed by atoms with E-state index in [0.29, 0.717) is 22.5 Å². The molecule has 6 rings (SSSR count). The number of hydrogen-bond donors (Lipinski definition) is 2. The first-order valence-corrected chi connectivity index (χ1v) is 17.8. The average molecular weight is 711 g/mol. The minimum Gasteiger partial charge on any atom is -0.339 e. The number of nitrogens with zero attached hydrogens (tertiary/aromatic N) is 2. The third-order valence-electron chi connectivity index (χ3n) is 8.74. The normalized spacial score (nSPS) is 11.8. The highest BCUT2D eigenvalue weighted by molar-refractivity contribution is 7.12. The maximum absolute atomic E-state index is 13.6. The summed E-state index contributed by atoms with van der Waals surface area (Å²) in [5, 5.41) is 7.86. The molecule has 0 fully saturated rings. The smallest absolute Gasteiger partial charge is 0.281 e. The summed E-state index contributed by atoms with van der Waals surface area (Å²) in [6, 6.07) is 37.1. The molecule has 0 saturated heterocycles. The van der Waals surface area contributed by atoms with E-state index in [1.54, 1.807) is 61.0 Å². The van der Waals surface area contributed by atoms with E-state index in [2.05, 4.69) is 60.7 Å². The Hall–Kier alpha value is -5.93. The number of anilines is 1. The molecule has 0 bridgehead atoms. The van der Waals surface area contributed by atoms with Crippen molar-refractivity contribution in [3.8, 4) is 22.4 Å². The van der Waals surface area contributed by atoms with Gasteiger partial charge in [-0.3, -0.25) is 14.4 Å². The number of thiazole rings is 1. The standard InChI is InChI=1S/C43H39FN4O3S/c1-43(2,3)32-20-16-29(17-21-32)35-12-8-9-13-36(35)39(49)45-34-24-18-30(19-25-34)37-27-52-41(46-37)40(50)47-38(31-10-6-5-7-11-31)42(51)48(4)26-28-14-22-33(44)23-15-28/h5-25,27,38H,26H2,1-4H3,(H,45,49)(H,47,50). The zero-order valence-corrected chi connectivity index (χ0v) is 30.2. The highest BCUT2D eigenvalue weighted by Crippen LogP contribution is 2.30. The van der Waals surface area contributed by atoms with E-state index in [1.165, 1.54) is 33.9 Å². The molecule has 1 heterocycles. The lowest BCUT2D eigenvalue weighted by Gasteiger charge is -2.25. The molecule has 3 amide bonds. The second-order valence-electron chi connectivity index (χ2n) is 13.6. The zero-order valence-electron chi connectivity index (χ0n) is 29.4. The Bertz CT molecular complexity index is 2180. The Morgan fingerprint density at radius 3 is 2.08 bits per heavy atom. The number of carbonyl (C=O) groups is 3. The maximum atomic E-state index is 13.6. The van der Waals surface area contributed by atoms with E-state index in [0.717, 1.165) is 22.3 Å². The number of hydrogen-bond acceptors (Lipinski definition) is 5. The fraction of sp³-hybridized carbons (Fsp3) is 0.163. The van der Waals surface area contributed by atoms with Crippen molar-refractivity contribution >= 4 is 34.7 Å². The third-order valence-corrected chi connectivity index (χ3v) is 9.58. The molecule has 0 aliphatic heterocycles. The monoisotopic (exact) mass is 710 g/mol. The number of halogens is 1. The fourth-order valence-electron chi connectivity index (χ4n) is 5.80. The summed E-state index contributed by atoms with van der Waals surface area (Å²) in [5.41, 5.74) is 7.00. The number of likely N-dealkylation sites (N-methyl/N-ethyl adjacent to an activating group) is 1. The van der Waals surface area contributed by atoms with E-state index < -0.39 is 11.9 Å². The van der Waals surface area contributed by atoms with Gasteiger partial charge in [-0.15, -0.1) is 11.3 Å². The van der Waals surface area contributed by atoms with Crippen molar-refractivity contribution in [3.05, 3.63) is 166 Å². The van der Waals surface area contributed by atoms with Gasteiger partial charge in [-0.2, -0.15) is 0 Å². The summed E-state index contributed by atoms with van der Waals surface area (Å²) in [7, 11) is 1.64. The van der Waals surface area contributed by atoms with Gasteiger partial charge in [0.1, 0.15) is 11.9 Å². The van der Waals surface area contributed by atoms with Crippen molar-refractivity contribution < 1.29 is 18.8 Å². The van der Waals surface area contributed by atoms with Crippen molar-refractivity contribution in [2.24, 2.45) is 0 Å². The molecule has 5 aromatic carbocycles. The van der Waals surface area contributed by atoms with Crippen LogP contribution in [0, 0.1) is 5.82 Å². The molecule has 52 heavy (non-hydrogen) atoms. The highest BCUT2D eigenvalue weighted by atomic mass is 32.1. The van der Waals surface area contributed by atoms with Gasteiger partial charge < -0.3 is 15.5 Å². The number of nitrogens with one attached hydrogen (secondary N) is 2. The van der Waals surface area contributed by atoms with E-state index in [-0.39, 0.29) is 34.6 Å². The van der Waals surface area contributed by atoms with Gasteiger partial charge in [0.2, 0.25) is 5.91 Å². The van der Waals surface area contributed by atoms with Gasteiger partial charge in [0.15, 0.2) is 5.01 Å². The van der Waals surface area contributed by atoms with Crippen LogP contribution < -0.4 is 10.6 Å². The summed E-state index contributed by atoms with van der Waals surface area (Å²) in [4.78, 5) is 46.6. The minimum absolute atomic E-state index is 0.0329. The largest absolute Gasteiger partial charge is 0.339 e. The van der Waals surface area contributed by atoms with Crippen molar-refractivity contribution in [2.75, 3.05) is 12.4 Å². The summed E-state index contributed by atoms with van der Waals surface area (Å²) in [5.74, 6) is -1.38. The van der Waals surface area contributed by atoms with Crippen molar-refractivity contribution in [1.82, 2.24) is 15.2 Å². The van der Waals surface area contributed by atoms with Crippen molar-refractivity contribution in [1.29, 1.82) is 0 Å². The van der Waals surface area contributed by atoms with Crippen LogP contribution >= 0.6 is 11.3 Å². The Morgan fingerprint density at radius 2 is 1.40 bits per heavy atom. The molecule has 2 N–H and O–H groups in total. The Morgan fingerprint density at radius 1 is 0.769 bits per heavy atom. The van der Waals surface area contributed by atoms with Crippen LogP contribution in [0.4, 0.5) is 10.1 Å². The molecule has 0 spiro atoms. The van der Waals surface area contributed by atoms with Crippen molar-refractivity contribution in [2.45, 2.75) is 38.8 Å². The van der Waals surface area contributed by atoms with E-state index >= 15 is 0 Å². The van der Waals surface area contributed by atoms with Crippen LogP contribution in [0.5, 0.6) is 0 Å². The zero-order chi connectivity index (χ0) is 36.8. The summed E-state index contributed by atoms with van der Waals surface area (Å²) in [6.07, 6.45) is 0. The quantitative estimate of drug-likeness (QED) is 0.148. The molecule has 9 heteroatoms. The average Bonchev–Trinajstić information content (AvgIpc) is 3.65. The first-order chi connectivity index (χ1) is 25.0. The van der Waals surface area contributed by atoms with Crippen LogP contribution in [0.1, 0.15) is 63.7 Å². The van der Waals surface area contributed by atoms with Gasteiger partial charge >= 0.3 is 0 Å². The summed E-state index contributed by atoms with van der Waals surface area (Å²) >= 11 is 1.17. The third kappa shape index (κ3) is 8.50. The molecule has 0 radical (unpaired) electrons. The van der Waals surface area contributed by atoms with Gasteiger partial charge in [0.25, 0.3) is 11.8 Å². The molecule has 0 saturated carbocycles. The second kappa shape index (κ2) is 15.5. The molecule has 0 aliphatic rings. The second-order valence-corrected chi connectivity index (χ2v) is 14.4. The molecule has 1 aromatic heterocycles. The minimum atomic E-state index is -0.956. The van der Waals surface area contributed by atoms with Crippen LogP contribution in [-0.4, -0.2) is 34.7 Å². The Labute approximate surface area is 307 Å². The summed E-state index contributed by atoms with van der Waals surface area (Å²) < 4.78 is 13.4. The first kappa shape index (κ1) is 35.9. The molecule has 6 aromatic rings. The topological polar surface area (TPSA) is 91.4 Å².